The highest BCUT2D eigenvalue weighted by Crippen LogP contribution is 2.11. The van der Waals surface area contributed by atoms with Crippen LogP contribution in [-0.4, -0.2) is 11.3 Å². The molecular formula is C12H16INO. The second-order valence-electron chi connectivity index (χ2n) is 4.51. The third-order valence-electron chi connectivity index (χ3n) is 1.97. The van der Waals surface area contributed by atoms with Crippen molar-refractivity contribution in [2.24, 2.45) is 5.73 Å². The molecule has 15 heavy (non-hydrogen) atoms. The van der Waals surface area contributed by atoms with Crippen LogP contribution in [0.5, 0.6) is 0 Å². The van der Waals surface area contributed by atoms with Crippen LogP contribution in [0.25, 0.3) is 0 Å². The Bertz CT molecular complexity index is 338. The summed E-state index contributed by atoms with van der Waals surface area (Å²) in [4.78, 5) is 11.6. The molecule has 0 saturated heterocycles. The van der Waals surface area contributed by atoms with E-state index in [1.807, 2.05) is 38.1 Å². The van der Waals surface area contributed by atoms with E-state index in [1.54, 1.807) is 0 Å². The molecule has 0 fully saturated rings. The van der Waals surface area contributed by atoms with E-state index in [0.717, 1.165) is 5.56 Å². The molecule has 0 aliphatic carbocycles. The van der Waals surface area contributed by atoms with Crippen LogP contribution in [-0.2, 0) is 11.2 Å². The average Bonchev–Trinajstić information content (AvgIpc) is 2.05. The molecule has 1 aromatic rings. The molecular weight excluding hydrogens is 301 g/mol. The van der Waals surface area contributed by atoms with Crippen LogP contribution in [0, 0.1) is 3.57 Å². The van der Waals surface area contributed by atoms with Crippen LogP contribution in [0.1, 0.15) is 25.8 Å². The fraction of sp³-hybridized carbons (Fsp3) is 0.417. The van der Waals surface area contributed by atoms with Gasteiger partial charge in [0.2, 0.25) is 0 Å². The van der Waals surface area contributed by atoms with Gasteiger partial charge in [0.05, 0.1) is 0 Å². The van der Waals surface area contributed by atoms with Crippen LogP contribution in [0.15, 0.2) is 24.3 Å². The molecule has 1 aromatic carbocycles. The van der Waals surface area contributed by atoms with Crippen molar-refractivity contribution in [2.75, 3.05) is 0 Å². The number of hydrogen-bond acceptors (Lipinski definition) is 2. The lowest BCUT2D eigenvalue weighted by atomic mass is 9.96. The second-order valence-corrected chi connectivity index (χ2v) is 5.75. The zero-order valence-electron chi connectivity index (χ0n) is 9.09. The Hall–Kier alpha value is -0.420. The van der Waals surface area contributed by atoms with Gasteiger partial charge in [-0.25, -0.2) is 0 Å². The van der Waals surface area contributed by atoms with E-state index in [4.69, 9.17) is 5.73 Å². The van der Waals surface area contributed by atoms with Gasteiger partial charge in [0.15, 0.2) is 0 Å². The summed E-state index contributed by atoms with van der Waals surface area (Å²) in [5, 5.41) is 0. The summed E-state index contributed by atoms with van der Waals surface area (Å²) >= 11 is 2.25. The zero-order valence-corrected chi connectivity index (χ0v) is 11.2. The highest BCUT2D eigenvalue weighted by atomic mass is 127. The lowest BCUT2D eigenvalue weighted by Crippen LogP contribution is -2.35. The molecule has 0 amide bonds. The van der Waals surface area contributed by atoms with E-state index < -0.39 is 5.54 Å². The molecule has 0 spiro atoms. The first-order valence-electron chi connectivity index (χ1n) is 4.92. The Morgan fingerprint density at radius 2 is 1.87 bits per heavy atom. The molecule has 0 aromatic heterocycles. The molecule has 2 nitrogen and oxygen atoms in total. The molecule has 0 heterocycles. The van der Waals surface area contributed by atoms with Gasteiger partial charge in [0, 0.05) is 22.0 Å². The Labute approximate surface area is 104 Å². The molecule has 82 valence electrons. The van der Waals surface area contributed by atoms with Gasteiger partial charge in [-0.1, -0.05) is 12.1 Å². The number of halogens is 1. The van der Waals surface area contributed by atoms with Crippen molar-refractivity contribution >= 4 is 28.4 Å². The van der Waals surface area contributed by atoms with Gasteiger partial charge in [-0.2, -0.15) is 0 Å². The van der Waals surface area contributed by atoms with Crippen LogP contribution in [0.2, 0.25) is 0 Å². The molecule has 0 radical (unpaired) electrons. The minimum atomic E-state index is -0.402. The summed E-state index contributed by atoms with van der Waals surface area (Å²) in [5.41, 5.74) is 6.45. The van der Waals surface area contributed by atoms with Gasteiger partial charge in [-0.05, 0) is 54.1 Å². The number of hydrogen-bond donors (Lipinski definition) is 1. The van der Waals surface area contributed by atoms with Crippen molar-refractivity contribution in [1.82, 2.24) is 0 Å². The van der Waals surface area contributed by atoms with Gasteiger partial charge in [0.25, 0.3) is 0 Å². The summed E-state index contributed by atoms with van der Waals surface area (Å²) in [6.07, 6.45) is 0.913. The highest BCUT2D eigenvalue weighted by molar-refractivity contribution is 14.1. The van der Waals surface area contributed by atoms with E-state index in [2.05, 4.69) is 22.6 Å². The normalized spacial score (nSPS) is 11.5. The largest absolute Gasteiger partial charge is 0.325 e. The third kappa shape index (κ3) is 5.28. The maximum atomic E-state index is 11.6. The topological polar surface area (TPSA) is 43.1 Å². The number of rotatable bonds is 4. The first-order chi connectivity index (χ1) is 6.87. The molecule has 0 aliphatic rings. The van der Waals surface area contributed by atoms with Crippen molar-refractivity contribution in [3.8, 4) is 0 Å². The SMILES string of the molecule is CC(C)(N)CC(=O)Cc1ccc(I)cc1. The second kappa shape index (κ2) is 5.07. The average molecular weight is 317 g/mol. The van der Waals surface area contributed by atoms with Crippen LogP contribution >= 0.6 is 22.6 Å². The van der Waals surface area contributed by atoms with Gasteiger partial charge in [0.1, 0.15) is 5.78 Å². The van der Waals surface area contributed by atoms with Crippen molar-refractivity contribution in [2.45, 2.75) is 32.2 Å². The number of nitrogens with two attached hydrogens (primary N) is 1. The standard InChI is InChI=1S/C12H16INO/c1-12(2,14)8-11(15)7-9-3-5-10(13)6-4-9/h3-6H,7-8,14H2,1-2H3. The monoisotopic (exact) mass is 317 g/mol. The Balaban J connectivity index is 2.55. The fourth-order valence-electron chi connectivity index (χ4n) is 1.40. The fourth-order valence-corrected chi connectivity index (χ4v) is 1.76. The molecule has 3 heteroatoms. The van der Waals surface area contributed by atoms with Crippen LogP contribution < -0.4 is 5.73 Å². The Kier molecular flexibility index (Phi) is 4.28. The summed E-state index contributed by atoms with van der Waals surface area (Å²) in [7, 11) is 0. The van der Waals surface area contributed by atoms with Crippen LogP contribution in [0.4, 0.5) is 0 Å². The Morgan fingerprint density at radius 3 is 2.33 bits per heavy atom. The molecule has 0 atom stereocenters. The minimum absolute atomic E-state index is 0.198. The molecule has 0 saturated carbocycles. The van der Waals surface area contributed by atoms with Gasteiger partial charge < -0.3 is 5.73 Å². The predicted octanol–water partition coefficient (Wildman–Crippen LogP) is 2.53. The first-order valence-corrected chi connectivity index (χ1v) is 6.00. The smallest absolute Gasteiger partial charge is 0.139 e. The van der Waals surface area contributed by atoms with E-state index >= 15 is 0 Å². The Morgan fingerprint density at radius 1 is 1.33 bits per heavy atom. The number of benzene rings is 1. The van der Waals surface area contributed by atoms with Gasteiger partial charge in [-0.15, -0.1) is 0 Å². The van der Waals surface area contributed by atoms with E-state index in [-0.39, 0.29) is 5.78 Å². The van der Waals surface area contributed by atoms with E-state index in [1.165, 1.54) is 3.57 Å². The minimum Gasteiger partial charge on any atom is -0.325 e. The van der Waals surface area contributed by atoms with Crippen molar-refractivity contribution in [1.29, 1.82) is 0 Å². The number of carbonyl (C=O) groups is 1. The lowest BCUT2D eigenvalue weighted by molar-refractivity contribution is -0.119. The zero-order chi connectivity index (χ0) is 11.5. The summed E-state index contributed by atoms with van der Waals surface area (Å²) < 4.78 is 1.18. The van der Waals surface area contributed by atoms with Crippen molar-refractivity contribution in [3.63, 3.8) is 0 Å². The van der Waals surface area contributed by atoms with Gasteiger partial charge >= 0.3 is 0 Å². The molecule has 0 unspecified atom stereocenters. The number of Topliss-reactive ketones (excluding diaryl/α,β-unsaturated/α-hetero) is 1. The first kappa shape index (κ1) is 12.6. The highest BCUT2D eigenvalue weighted by Gasteiger charge is 2.16. The van der Waals surface area contributed by atoms with E-state index in [0.29, 0.717) is 12.8 Å². The molecule has 0 aliphatic heterocycles. The predicted molar refractivity (Wildman–Crippen MR) is 70.8 cm³/mol. The maximum Gasteiger partial charge on any atom is 0.139 e. The summed E-state index contributed by atoms with van der Waals surface area (Å²) in [6.45, 7) is 3.75. The third-order valence-corrected chi connectivity index (χ3v) is 2.69. The van der Waals surface area contributed by atoms with Crippen molar-refractivity contribution in [3.05, 3.63) is 33.4 Å². The van der Waals surface area contributed by atoms with Gasteiger partial charge in [-0.3, -0.25) is 4.79 Å². The quantitative estimate of drug-likeness (QED) is 0.867. The lowest BCUT2D eigenvalue weighted by Gasteiger charge is -2.16. The summed E-state index contributed by atoms with van der Waals surface area (Å²) in [5.74, 6) is 0.198. The molecule has 2 N–H and O–H groups in total. The maximum absolute atomic E-state index is 11.6. The number of carbonyl (C=O) groups excluding carboxylic acids is 1. The molecule has 0 bridgehead atoms. The van der Waals surface area contributed by atoms with Crippen molar-refractivity contribution < 1.29 is 4.79 Å². The van der Waals surface area contributed by atoms with E-state index in [9.17, 15) is 4.79 Å². The number of ketones is 1. The van der Waals surface area contributed by atoms with Crippen LogP contribution in [0.3, 0.4) is 0 Å². The summed E-state index contributed by atoms with van der Waals surface area (Å²) in [6, 6.07) is 8.00. The molecule has 1 rings (SSSR count).